The molecule has 31 heavy (non-hydrogen) atoms. The minimum absolute atomic E-state index is 0.0860. The van der Waals surface area contributed by atoms with E-state index in [-0.39, 0.29) is 23.6 Å². The summed E-state index contributed by atoms with van der Waals surface area (Å²) in [5.41, 5.74) is -0.506. The first kappa shape index (κ1) is 21.4. The number of nitrogens with one attached hydrogen (secondary N) is 2. The van der Waals surface area contributed by atoms with E-state index in [0.29, 0.717) is 16.5 Å². The summed E-state index contributed by atoms with van der Waals surface area (Å²) in [5.74, 6) is -0.493. The third-order valence-electron chi connectivity index (χ3n) is 5.38. The molecule has 0 saturated carbocycles. The first-order valence-electron chi connectivity index (χ1n) is 9.74. The zero-order valence-corrected chi connectivity index (χ0v) is 17.1. The van der Waals surface area contributed by atoms with Crippen molar-refractivity contribution < 1.29 is 18.0 Å². The number of pyridine rings is 1. The monoisotopic (exact) mass is 449 g/mol. The van der Waals surface area contributed by atoms with E-state index in [0.717, 1.165) is 31.6 Å². The molecule has 1 aliphatic rings. The lowest BCUT2D eigenvalue weighted by molar-refractivity contribution is -0.137. The zero-order chi connectivity index (χ0) is 22.2. The summed E-state index contributed by atoms with van der Waals surface area (Å²) in [7, 11) is 0. The Morgan fingerprint density at radius 1 is 1.19 bits per heavy atom. The molecule has 3 aromatic rings. The van der Waals surface area contributed by atoms with Gasteiger partial charge in [-0.1, -0.05) is 23.7 Å². The van der Waals surface area contributed by atoms with Crippen LogP contribution in [0.15, 0.2) is 53.5 Å². The largest absolute Gasteiger partial charge is 0.417 e. The van der Waals surface area contributed by atoms with E-state index in [1.165, 1.54) is 6.07 Å². The Morgan fingerprint density at radius 2 is 2.00 bits per heavy atom. The smallest absolute Gasteiger partial charge is 0.325 e. The third kappa shape index (κ3) is 4.45. The average molecular weight is 450 g/mol. The second-order valence-electron chi connectivity index (χ2n) is 7.48. The predicted molar refractivity (Wildman–Crippen MR) is 114 cm³/mol. The highest BCUT2D eigenvalue weighted by molar-refractivity contribution is 6.31. The molecule has 1 amide bonds. The van der Waals surface area contributed by atoms with Crippen LogP contribution in [0.25, 0.3) is 10.8 Å². The number of hydrogen-bond acceptors (Lipinski definition) is 3. The van der Waals surface area contributed by atoms with Crippen LogP contribution in [0.5, 0.6) is 0 Å². The quantitative estimate of drug-likeness (QED) is 0.621. The number of rotatable bonds is 4. The molecule has 2 heterocycles. The van der Waals surface area contributed by atoms with Gasteiger partial charge in [0.2, 0.25) is 5.91 Å². The molecule has 0 bridgehead atoms. The number of benzene rings is 2. The van der Waals surface area contributed by atoms with Crippen LogP contribution in [0.4, 0.5) is 18.9 Å². The number of anilines is 1. The number of nitrogens with zero attached hydrogens (tertiary/aromatic N) is 1. The van der Waals surface area contributed by atoms with Gasteiger partial charge in [-0.2, -0.15) is 13.2 Å². The van der Waals surface area contributed by atoms with Crippen LogP contribution in [0.2, 0.25) is 5.02 Å². The number of hydrogen-bond donors (Lipinski definition) is 2. The van der Waals surface area contributed by atoms with E-state index in [1.807, 2.05) is 0 Å². The molecule has 4 rings (SSSR count). The second kappa shape index (κ2) is 8.36. The van der Waals surface area contributed by atoms with Crippen LogP contribution in [0.3, 0.4) is 0 Å². The van der Waals surface area contributed by atoms with E-state index >= 15 is 0 Å². The standard InChI is InChI=1S/C22H19ClF3N3O2/c23-18-5-4-13(10-17(18)22(24,25)26)11-20(30)28-19-3-1-2-16-15(19)7-9-29(21(16)31)14-6-8-27-12-14/h1-5,7,9-10,14,27H,6,8,11-12H2,(H,28,30)/t14-/m0/s1. The number of carbonyl (C=O) groups excluding carboxylic acids is 1. The SMILES string of the molecule is O=C(Cc1ccc(Cl)c(C(F)(F)F)c1)Nc1cccc2c(=O)n([C@H]3CCNC3)ccc12. The van der Waals surface area contributed by atoms with Crippen LogP contribution in [0, 0.1) is 0 Å². The Hall–Kier alpha value is -2.84. The molecule has 5 nitrogen and oxygen atoms in total. The number of halogens is 4. The van der Waals surface area contributed by atoms with Crippen molar-refractivity contribution in [2.24, 2.45) is 0 Å². The van der Waals surface area contributed by atoms with E-state index in [4.69, 9.17) is 11.6 Å². The fourth-order valence-electron chi connectivity index (χ4n) is 3.85. The Labute approximate surface area is 180 Å². The van der Waals surface area contributed by atoms with Gasteiger partial charge in [-0.15, -0.1) is 0 Å². The summed E-state index contributed by atoms with van der Waals surface area (Å²) in [4.78, 5) is 25.4. The van der Waals surface area contributed by atoms with Crippen molar-refractivity contribution >= 4 is 34.0 Å². The van der Waals surface area contributed by atoms with Crippen molar-refractivity contribution in [1.29, 1.82) is 0 Å². The van der Waals surface area contributed by atoms with Crippen LogP contribution in [-0.2, 0) is 17.4 Å². The molecule has 0 spiro atoms. The van der Waals surface area contributed by atoms with Crippen molar-refractivity contribution in [1.82, 2.24) is 9.88 Å². The normalized spacial score (nSPS) is 16.6. The summed E-state index contributed by atoms with van der Waals surface area (Å²) in [6.07, 6.45) is -2.29. The lowest BCUT2D eigenvalue weighted by atomic mass is 10.1. The molecule has 0 unspecified atom stereocenters. The average Bonchev–Trinajstić information content (AvgIpc) is 3.24. The van der Waals surface area contributed by atoms with Gasteiger partial charge >= 0.3 is 6.18 Å². The van der Waals surface area contributed by atoms with Gasteiger partial charge < -0.3 is 15.2 Å². The van der Waals surface area contributed by atoms with E-state index in [9.17, 15) is 22.8 Å². The fraction of sp³-hybridized carbons (Fsp3) is 0.273. The van der Waals surface area contributed by atoms with Crippen LogP contribution in [-0.4, -0.2) is 23.6 Å². The van der Waals surface area contributed by atoms with Gasteiger partial charge in [0, 0.05) is 29.2 Å². The highest BCUT2D eigenvalue weighted by Gasteiger charge is 2.33. The molecular formula is C22H19ClF3N3O2. The highest BCUT2D eigenvalue weighted by Crippen LogP contribution is 2.35. The van der Waals surface area contributed by atoms with E-state index < -0.39 is 22.7 Å². The molecule has 2 aromatic carbocycles. The van der Waals surface area contributed by atoms with Gasteiger partial charge in [0.15, 0.2) is 0 Å². The maximum atomic E-state index is 13.0. The fourth-order valence-corrected chi connectivity index (χ4v) is 4.07. The lowest BCUT2D eigenvalue weighted by Crippen LogP contribution is -2.26. The van der Waals surface area contributed by atoms with Crippen molar-refractivity contribution in [2.45, 2.75) is 25.1 Å². The van der Waals surface area contributed by atoms with E-state index in [1.54, 1.807) is 35.0 Å². The first-order chi connectivity index (χ1) is 14.7. The van der Waals surface area contributed by atoms with Gasteiger partial charge in [-0.3, -0.25) is 9.59 Å². The number of amides is 1. The van der Waals surface area contributed by atoms with Gasteiger partial charge in [-0.05, 0) is 48.9 Å². The van der Waals surface area contributed by atoms with Gasteiger partial charge in [-0.25, -0.2) is 0 Å². The molecule has 9 heteroatoms. The highest BCUT2D eigenvalue weighted by atomic mass is 35.5. The van der Waals surface area contributed by atoms with Crippen LogP contribution >= 0.6 is 11.6 Å². The summed E-state index contributed by atoms with van der Waals surface area (Å²) in [6.45, 7) is 1.58. The van der Waals surface area contributed by atoms with Crippen molar-refractivity contribution in [3.05, 3.63) is 75.2 Å². The van der Waals surface area contributed by atoms with Crippen LogP contribution < -0.4 is 16.2 Å². The Kier molecular flexibility index (Phi) is 5.77. The molecule has 0 radical (unpaired) electrons. The van der Waals surface area contributed by atoms with Gasteiger partial charge in [0.25, 0.3) is 5.56 Å². The minimum atomic E-state index is -4.60. The maximum absolute atomic E-state index is 13.0. The Morgan fingerprint density at radius 3 is 2.71 bits per heavy atom. The minimum Gasteiger partial charge on any atom is -0.325 e. The Bertz CT molecular complexity index is 1200. The van der Waals surface area contributed by atoms with Crippen molar-refractivity contribution in [3.63, 3.8) is 0 Å². The molecule has 1 fully saturated rings. The topological polar surface area (TPSA) is 63.1 Å². The number of carbonyl (C=O) groups is 1. The number of fused-ring (bicyclic) bond motifs is 1. The van der Waals surface area contributed by atoms with Gasteiger partial charge in [0.1, 0.15) is 0 Å². The molecule has 1 aliphatic heterocycles. The molecule has 2 N–H and O–H groups in total. The maximum Gasteiger partial charge on any atom is 0.417 e. The lowest BCUT2D eigenvalue weighted by Gasteiger charge is -2.15. The molecular weight excluding hydrogens is 431 g/mol. The van der Waals surface area contributed by atoms with Crippen molar-refractivity contribution in [3.8, 4) is 0 Å². The summed E-state index contributed by atoms with van der Waals surface area (Å²) >= 11 is 5.63. The van der Waals surface area contributed by atoms with Gasteiger partial charge in [0.05, 0.1) is 23.0 Å². The molecule has 0 aliphatic carbocycles. The summed E-state index contributed by atoms with van der Waals surface area (Å²) in [6, 6.07) is 10.3. The predicted octanol–water partition coefficient (Wildman–Crippen LogP) is 4.39. The third-order valence-corrected chi connectivity index (χ3v) is 5.71. The Balaban J connectivity index is 1.58. The number of alkyl halides is 3. The number of aromatic nitrogens is 1. The van der Waals surface area contributed by atoms with Crippen molar-refractivity contribution in [2.75, 3.05) is 18.4 Å². The first-order valence-corrected chi connectivity index (χ1v) is 10.1. The zero-order valence-electron chi connectivity index (χ0n) is 16.3. The summed E-state index contributed by atoms with van der Waals surface area (Å²) < 4.78 is 40.8. The second-order valence-corrected chi connectivity index (χ2v) is 7.89. The van der Waals surface area contributed by atoms with E-state index in [2.05, 4.69) is 10.6 Å². The molecule has 1 atom stereocenters. The molecule has 1 saturated heterocycles. The molecule has 162 valence electrons. The summed E-state index contributed by atoms with van der Waals surface area (Å²) in [5, 5.41) is 6.57. The van der Waals surface area contributed by atoms with Crippen LogP contribution in [0.1, 0.15) is 23.6 Å². The molecule has 1 aromatic heterocycles.